The smallest absolute Gasteiger partial charge is 0.280 e. The molecule has 0 unspecified atom stereocenters. The van der Waals surface area contributed by atoms with Gasteiger partial charge in [0.2, 0.25) is 0 Å². The molecule has 192 valence electrons. The van der Waals surface area contributed by atoms with Crippen LogP contribution in [0.2, 0.25) is 10.0 Å². The number of nitrogens with zero attached hydrogens (tertiary/aromatic N) is 3. The number of nitrogens with one attached hydrogen (secondary N) is 1. The lowest BCUT2D eigenvalue weighted by Crippen LogP contribution is -2.51. The van der Waals surface area contributed by atoms with Crippen molar-refractivity contribution >= 4 is 46.4 Å². The molecule has 2 amide bonds. The number of rotatable bonds is 4. The number of benzene rings is 3. The summed E-state index contributed by atoms with van der Waals surface area (Å²) in [6, 6.07) is 18.0. The van der Waals surface area contributed by atoms with Crippen LogP contribution in [0, 0.1) is 6.92 Å². The molecule has 0 saturated heterocycles. The number of carbonyl (C=O) groups is 2. The molecule has 2 aliphatic rings. The van der Waals surface area contributed by atoms with Gasteiger partial charge in [-0.15, -0.1) is 0 Å². The summed E-state index contributed by atoms with van der Waals surface area (Å²) in [5.41, 5.74) is 3.16. The molecule has 38 heavy (non-hydrogen) atoms. The number of methoxy groups -OCH3 is 1. The third kappa shape index (κ3) is 3.18. The van der Waals surface area contributed by atoms with E-state index >= 15 is 0 Å². The van der Waals surface area contributed by atoms with Crippen LogP contribution in [0.5, 0.6) is 5.75 Å². The zero-order chi connectivity index (χ0) is 26.9. The molecule has 0 aliphatic carbocycles. The van der Waals surface area contributed by atoms with Crippen molar-refractivity contribution in [2.24, 2.45) is 0 Å². The Balaban J connectivity index is 1.75. The van der Waals surface area contributed by atoms with Gasteiger partial charge in [-0.2, -0.15) is 5.10 Å². The molecule has 1 spiro atoms. The van der Waals surface area contributed by atoms with E-state index in [0.29, 0.717) is 44.0 Å². The quantitative estimate of drug-likeness (QED) is 0.318. The standard InChI is InChI=1S/C29H24Cl2N4O3/c1-15(2)26-24-25(33-35(26)21-7-5-6-8-23(21)38-4)27(36)34(22-14-18(31)10-9-16(22)3)29(24)19-12-11-17(30)13-20(19)32-28(29)37/h5-15H,1-4H3,(H,32,37)/t29-/m0/s1. The van der Waals surface area contributed by atoms with E-state index in [4.69, 9.17) is 33.0 Å². The molecule has 3 aromatic carbocycles. The van der Waals surface area contributed by atoms with E-state index in [0.717, 1.165) is 11.3 Å². The molecule has 6 rings (SSSR count). The molecule has 4 aromatic rings. The largest absolute Gasteiger partial charge is 0.494 e. The fraction of sp³-hybridized carbons (Fsp3) is 0.207. The van der Waals surface area contributed by atoms with Crippen LogP contribution < -0.4 is 15.0 Å². The van der Waals surface area contributed by atoms with Crippen molar-refractivity contribution in [1.29, 1.82) is 0 Å². The van der Waals surface area contributed by atoms with E-state index in [1.807, 2.05) is 51.1 Å². The van der Waals surface area contributed by atoms with Gasteiger partial charge >= 0.3 is 0 Å². The molecule has 2 aliphatic heterocycles. The molecule has 0 bridgehead atoms. The normalized spacial score (nSPS) is 17.8. The van der Waals surface area contributed by atoms with Crippen molar-refractivity contribution in [3.8, 4) is 11.4 Å². The van der Waals surface area contributed by atoms with Crippen LogP contribution in [-0.2, 0) is 10.3 Å². The first-order valence-corrected chi connectivity index (χ1v) is 12.9. The Kier molecular flexibility index (Phi) is 5.56. The van der Waals surface area contributed by atoms with Crippen molar-refractivity contribution in [3.05, 3.63) is 98.8 Å². The summed E-state index contributed by atoms with van der Waals surface area (Å²) < 4.78 is 7.36. The molecular weight excluding hydrogens is 523 g/mol. The van der Waals surface area contributed by atoms with Crippen molar-refractivity contribution < 1.29 is 14.3 Å². The number of hydrogen-bond donors (Lipinski definition) is 1. The topological polar surface area (TPSA) is 76.5 Å². The number of ether oxygens (including phenoxy) is 1. The molecule has 1 aromatic heterocycles. The van der Waals surface area contributed by atoms with E-state index in [9.17, 15) is 9.59 Å². The minimum atomic E-state index is -1.51. The van der Waals surface area contributed by atoms with Gasteiger partial charge in [-0.3, -0.25) is 14.5 Å². The van der Waals surface area contributed by atoms with Gasteiger partial charge in [-0.05, 0) is 54.8 Å². The maximum absolute atomic E-state index is 14.4. The minimum Gasteiger partial charge on any atom is -0.494 e. The third-order valence-corrected chi connectivity index (χ3v) is 7.71. The molecule has 0 radical (unpaired) electrons. The number of carbonyl (C=O) groups excluding carboxylic acids is 2. The number of hydrogen-bond acceptors (Lipinski definition) is 4. The Morgan fingerprint density at radius 3 is 2.42 bits per heavy atom. The Bertz CT molecular complexity index is 1660. The van der Waals surface area contributed by atoms with Crippen LogP contribution in [0.4, 0.5) is 11.4 Å². The van der Waals surface area contributed by atoms with Crippen molar-refractivity contribution in [2.45, 2.75) is 32.2 Å². The summed E-state index contributed by atoms with van der Waals surface area (Å²) in [6.07, 6.45) is 0. The SMILES string of the molecule is COc1ccccc1-n1nc2c(c1C(C)C)[C@@]1(C(=O)Nc3cc(Cl)ccc31)N(c1cc(Cl)ccc1C)C2=O. The van der Waals surface area contributed by atoms with E-state index in [-0.39, 0.29) is 23.4 Å². The molecule has 0 saturated carbocycles. The van der Waals surface area contributed by atoms with Crippen molar-refractivity contribution in [3.63, 3.8) is 0 Å². The average molecular weight is 547 g/mol. The summed E-state index contributed by atoms with van der Waals surface area (Å²) in [5.74, 6) is -0.255. The van der Waals surface area contributed by atoms with Crippen molar-refractivity contribution in [2.75, 3.05) is 17.3 Å². The Morgan fingerprint density at radius 2 is 1.68 bits per heavy atom. The summed E-state index contributed by atoms with van der Waals surface area (Å²) in [5, 5.41) is 8.77. The van der Waals surface area contributed by atoms with E-state index in [1.165, 1.54) is 0 Å². The van der Waals surface area contributed by atoms with Gasteiger partial charge in [0.25, 0.3) is 11.8 Å². The summed E-state index contributed by atoms with van der Waals surface area (Å²) in [4.78, 5) is 30.2. The van der Waals surface area contributed by atoms with Gasteiger partial charge < -0.3 is 10.1 Å². The Labute approximate surface area is 229 Å². The van der Waals surface area contributed by atoms with Crippen LogP contribution in [0.25, 0.3) is 5.69 Å². The van der Waals surface area contributed by atoms with Gasteiger partial charge in [0.1, 0.15) is 11.4 Å². The number of halogens is 2. The van der Waals surface area contributed by atoms with Gasteiger partial charge in [0.15, 0.2) is 11.2 Å². The Hall–Kier alpha value is -3.81. The predicted octanol–water partition coefficient (Wildman–Crippen LogP) is 6.48. The van der Waals surface area contributed by atoms with Crippen LogP contribution in [0.3, 0.4) is 0 Å². The van der Waals surface area contributed by atoms with Crippen molar-refractivity contribution in [1.82, 2.24) is 9.78 Å². The number of fused-ring (bicyclic) bond motifs is 4. The molecular formula is C29H24Cl2N4O3. The zero-order valence-corrected chi connectivity index (χ0v) is 22.7. The second kappa shape index (κ2) is 8.61. The van der Waals surface area contributed by atoms with E-state index in [1.54, 1.807) is 47.0 Å². The van der Waals surface area contributed by atoms with Gasteiger partial charge in [0.05, 0.1) is 18.5 Å². The predicted molar refractivity (Wildman–Crippen MR) is 148 cm³/mol. The molecule has 0 fully saturated rings. The second-order valence-electron chi connectivity index (χ2n) is 9.77. The highest BCUT2D eigenvalue weighted by molar-refractivity contribution is 6.32. The average Bonchev–Trinajstić information content (AvgIpc) is 3.49. The summed E-state index contributed by atoms with van der Waals surface area (Å²) in [7, 11) is 1.59. The van der Waals surface area contributed by atoms with Crippen LogP contribution in [0.1, 0.15) is 52.6 Å². The first-order chi connectivity index (χ1) is 18.2. The summed E-state index contributed by atoms with van der Waals surface area (Å²) >= 11 is 12.7. The second-order valence-corrected chi connectivity index (χ2v) is 10.6. The number of para-hydroxylation sites is 2. The number of aromatic nitrogens is 2. The fourth-order valence-corrected chi connectivity index (χ4v) is 6.02. The van der Waals surface area contributed by atoms with Gasteiger partial charge in [0, 0.05) is 26.9 Å². The zero-order valence-electron chi connectivity index (χ0n) is 21.2. The molecule has 7 nitrogen and oxygen atoms in total. The lowest BCUT2D eigenvalue weighted by atomic mass is 9.81. The van der Waals surface area contributed by atoms with Gasteiger partial charge in [-0.1, -0.05) is 61.3 Å². The third-order valence-electron chi connectivity index (χ3n) is 7.24. The minimum absolute atomic E-state index is 0.106. The van der Waals surface area contributed by atoms with Crippen LogP contribution >= 0.6 is 23.2 Å². The molecule has 1 atom stereocenters. The van der Waals surface area contributed by atoms with Gasteiger partial charge in [-0.25, -0.2) is 4.68 Å². The Morgan fingerprint density at radius 1 is 0.974 bits per heavy atom. The molecule has 3 heterocycles. The lowest BCUT2D eigenvalue weighted by molar-refractivity contribution is -0.119. The van der Waals surface area contributed by atoms with Crippen LogP contribution in [0.15, 0.2) is 60.7 Å². The maximum atomic E-state index is 14.4. The molecule has 1 N–H and O–H groups in total. The number of amides is 2. The first kappa shape index (κ1) is 24.5. The highest BCUT2D eigenvalue weighted by Gasteiger charge is 2.64. The van der Waals surface area contributed by atoms with Crippen LogP contribution in [-0.4, -0.2) is 28.7 Å². The first-order valence-electron chi connectivity index (χ1n) is 12.2. The highest BCUT2D eigenvalue weighted by Crippen LogP contribution is 2.55. The molecule has 9 heteroatoms. The number of aryl methyl sites for hydroxylation is 1. The maximum Gasteiger partial charge on any atom is 0.280 e. The fourth-order valence-electron chi connectivity index (χ4n) is 5.68. The van der Waals surface area contributed by atoms with E-state index in [2.05, 4.69) is 5.32 Å². The highest BCUT2D eigenvalue weighted by atomic mass is 35.5. The number of anilines is 2. The monoisotopic (exact) mass is 546 g/mol. The van der Waals surface area contributed by atoms with E-state index < -0.39 is 5.54 Å². The lowest BCUT2D eigenvalue weighted by Gasteiger charge is -2.36. The summed E-state index contributed by atoms with van der Waals surface area (Å²) in [6.45, 7) is 5.92.